The number of primary amides is 1. The van der Waals surface area contributed by atoms with Gasteiger partial charge in [0.25, 0.3) is 0 Å². The van der Waals surface area contributed by atoms with Crippen molar-refractivity contribution >= 4 is 6.09 Å². The van der Waals surface area contributed by atoms with E-state index in [4.69, 9.17) is 10.5 Å². The second-order valence-electron chi connectivity index (χ2n) is 4.00. The number of hydrogen-bond acceptors (Lipinski definition) is 2. The Hall–Kier alpha value is -1.51. The van der Waals surface area contributed by atoms with Crippen LogP contribution in [0.4, 0.5) is 4.79 Å². The first-order chi connectivity index (χ1) is 7.25. The maximum absolute atomic E-state index is 10.7. The Kier molecular flexibility index (Phi) is 2.90. The first kappa shape index (κ1) is 10.0. The van der Waals surface area contributed by atoms with E-state index >= 15 is 0 Å². The van der Waals surface area contributed by atoms with Crippen LogP contribution in [0.25, 0.3) is 0 Å². The summed E-state index contributed by atoms with van der Waals surface area (Å²) in [6.45, 7) is 0. The highest BCUT2D eigenvalue weighted by atomic mass is 16.6. The quantitative estimate of drug-likeness (QED) is 0.818. The van der Waals surface area contributed by atoms with Crippen molar-refractivity contribution in [2.75, 3.05) is 0 Å². The number of carbonyl (C=O) groups is 1. The number of carbonyl (C=O) groups excluding carboxylic acids is 1. The molecule has 1 saturated carbocycles. The van der Waals surface area contributed by atoms with Gasteiger partial charge in [-0.15, -0.1) is 0 Å². The fraction of sp³-hybridized carbons (Fsp3) is 0.417. The maximum atomic E-state index is 10.7. The molecule has 1 unspecified atom stereocenters. The molecule has 80 valence electrons. The number of amides is 1. The highest BCUT2D eigenvalue weighted by molar-refractivity contribution is 5.64. The van der Waals surface area contributed by atoms with Crippen molar-refractivity contribution < 1.29 is 9.53 Å². The average Bonchev–Trinajstić information content (AvgIpc) is 3.01. The molecule has 1 aliphatic rings. The molecular weight excluding hydrogens is 190 g/mol. The Morgan fingerprint density at radius 1 is 1.40 bits per heavy atom. The highest BCUT2D eigenvalue weighted by Gasteiger charge is 2.33. The molecule has 0 saturated heterocycles. The van der Waals surface area contributed by atoms with Gasteiger partial charge < -0.3 is 10.5 Å². The molecule has 3 nitrogen and oxygen atoms in total. The number of rotatable bonds is 4. The summed E-state index contributed by atoms with van der Waals surface area (Å²) >= 11 is 0. The van der Waals surface area contributed by atoms with Crippen LogP contribution in [0, 0.1) is 5.92 Å². The van der Waals surface area contributed by atoms with Crippen LogP contribution in [0.15, 0.2) is 30.3 Å². The zero-order valence-electron chi connectivity index (χ0n) is 8.56. The van der Waals surface area contributed by atoms with Crippen LogP contribution in [0.5, 0.6) is 0 Å². The summed E-state index contributed by atoms with van der Waals surface area (Å²) in [4.78, 5) is 10.7. The average molecular weight is 205 g/mol. The second-order valence-corrected chi connectivity index (χ2v) is 4.00. The topological polar surface area (TPSA) is 52.3 Å². The zero-order chi connectivity index (χ0) is 10.7. The number of benzene rings is 1. The van der Waals surface area contributed by atoms with Crippen molar-refractivity contribution in [3.05, 3.63) is 35.9 Å². The van der Waals surface area contributed by atoms with Crippen molar-refractivity contribution in [2.24, 2.45) is 11.7 Å². The first-order valence-electron chi connectivity index (χ1n) is 5.25. The van der Waals surface area contributed by atoms with Gasteiger partial charge in [0.1, 0.15) is 6.10 Å². The normalized spacial score (nSPS) is 17.1. The second kappa shape index (κ2) is 4.34. The van der Waals surface area contributed by atoms with Gasteiger partial charge in [0, 0.05) is 6.42 Å². The molecule has 0 aromatic heterocycles. The summed E-state index contributed by atoms with van der Waals surface area (Å²) in [5.74, 6) is 0.512. The monoisotopic (exact) mass is 205 g/mol. The lowest BCUT2D eigenvalue weighted by Crippen LogP contribution is -2.26. The van der Waals surface area contributed by atoms with E-state index in [1.807, 2.05) is 30.3 Å². The minimum Gasteiger partial charge on any atom is -0.446 e. The van der Waals surface area contributed by atoms with Gasteiger partial charge in [-0.25, -0.2) is 4.79 Å². The first-order valence-corrected chi connectivity index (χ1v) is 5.25. The molecule has 1 aliphatic carbocycles. The van der Waals surface area contributed by atoms with Gasteiger partial charge in [-0.1, -0.05) is 30.3 Å². The molecule has 0 bridgehead atoms. The maximum Gasteiger partial charge on any atom is 0.404 e. The van der Waals surface area contributed by atoms with Crippen molar-refractivity contribution in [1.29, 1.82) is 0 Å². The van der Waals surface area contributed by atoms with Gasteiger partial charge in [-0.2, -0.15) is 0 Å². The molecule has 1 fully saturated rings. The van der Waals surface area contributed by atoms with Crippen molar-refractivity contribution in [2.45, 2.75) is 25.4 Å². The number of hydrogen-bond donors (Lipinski definition) is 1. The van der Waals surface area contributed by atoms with E-state index in [2.05, 4.69) is 0 Å². The van der Waals surface area contributed by atoms with Crippen LogP contribution in [-0.2, 0) is 11.2 Å². The fourth-order valence-electron chi connectivity index (χ4n) is 1.77. The van der Waals surface area contributed by atoms with Crippen molar-refractivity contribution in [3.8, 4) is 0 Å². The lowest BCUT2D eigenvalue weighted by Gasteiger charge is -2.15. The van der Waals surface area contributed by atoms with E-state index in [-0.39, 0.29) is 6.10 Å². The predicted molar refractivity (Wildman–Crippen MR) is 57.3 cm³/mol. The SMILES string of the molecule is NC(=O)OC(Cc1ccccc1)C1CC1. The van der Waals surface area contributed by atoms with Crippen molar-refractivity contribution in [3.63, 3.8) is 0 Å². The van der Waals surface area contributed by atoms with E-state index in [1.165, 1.54) is 5.56 Å². The van der Waals surface area contributed by atoms with Gasteiger partial charge in [0.2, 0.25) is 0 Å². The number of nitrogens with two attached hydrogens (primary N) is 1. The molecule has 2 N–H and O–H groups in total. The minimum absolute atomic E-state index is 0.0371. The van der Waals surface area contributed by atoms with E-state index in [0.29, 0.717) is 5.92 Å². The Morgan fingerprint density at radius 3 is 2.60 bits per heavy atom. The van der Waals surface area contributed by atoms with Gasteiger partial charge in [0.05, 0.1) is 0 Å². The van der Waals surface area contributed by atoms with Crippen molar-refractivity contribution in [1.82, 2.24) is 0 Å². The Balaban J connectivity index is 1.97. The van der Waals surface area contributed by atoms with Gasteiger partial charge >= 0.3 is 6.09 Å². The molecule has 1 aromatic rings. The van der Waals surface area contributed by atoms with Crippen LogP contribution in [0.2, 0.25) is 0 Å². The lowest BCUT2D eigenvalue weighted by atomic mass is 10.0. The van der Waals surface area contributed by atoms with Gasteiger partial charge in [-0.05, 0) is 24.3 Å². The van der Waals surface area contributed by atoms with Crippen LogP contribution in [-0.4, -0.2) is 12.2 Å². The third-order valence-corrected chi connectivity index (χ3v) is 2.70. The third kappa shape index (κ3) is 2.98. The highest BCUT2D eigenvalue weighted by Crippen LogP contribution is 2.35. The summed E-state index contributed by atoms with van der Waals surface area (Å²) in [6.07, 6.45) is 2.36. The smallest absolute Gasteiger partial charge is 0.404 e. The largest absolute Gasteiger partial charge is 0.446 e. The molecule has 1 atom stereocenters. The minimum atomic E-state index is -0.664. The van der Waals surface area contributed by atoms with E-state index in [1.54, 1.807) is 0 Å². The van der Waals surface area contributed by atoms with E-state index in [9.17, 15) is 4.79 Å². The zero-order valence-corrected chi connectivity index (χ0v) is 8.56. The molecule has 2 rings (SSSR count). The summed E-state index contributed by atoms with van der Waals surface area (Å²) < 4.78 is 5.12. The molecule has 15 heavy (non-hydrogen) atoms. The molecule has 1 aromatic carbocycles. The van der Waals surface area contributed by atoms with Crippen LogP contribution in [0.3, 0.4) is 0 Å². The molecule has 3 heteroatoms. The van der Waals surface area contributed by atoms with Crippen LogP contribution >= 0.6 is 0 Å². The molecule has 1 amide bonds. The predicted octanol–water partition coefficient (Wildman–Crippen LogP) is 2.10. The summed E-state index contributed by atoms with van der Waals surface area (Å²) in [5, 5.41) is 0. The molecule has 0 radical (unpaired) electrons. The number of ether oxygens (including phenoxy) is 1. The van der Waals surface area contributed by atoms with E-state index < -0.39 is 6.09 Å². The molecule has 0 aliphatic heterocycles. The summed E-state index contributed by atoms with van der Waals surface area (Å²) in [7, 11) is 0. The Bertz CT molecular complexity index is 333. The molecule has 0 spiro atoms. The summed E-state index contributed by atoms with van der Waals surface area (Å²) in [5.41, 5.74) is 6.24. The Morgan fingerprint density at radius 2 is 2.07 bits per heavy atom. The third-order valence-electron chi connectivity index (χ3n) is 2.70. The molecular formula is C12H15NO2. The van der Waals surface area contributed by atoms with Crippen LogP contribution < -0.4 is 5.73 Å². The fourth-order valence-corrected chi connectivity index (χ4v) is 1.77. The standard InChI is InChI=1S/C12H15NO2/c13-12(14)15-11(10-6-7-10)8-9-4-2-1-3-5-9/h1-5,10-11H,6-8H2,(H2,13,14). The lowest BCUT2D eigenvalue weighted by molar-refractivity contribution is 0.0935. The van der Waals surface area contributed by atoms with E-state index in [0.717, 1.165) is 19.3 Å². The van der Waals surface area contributed by atoms with Crippen LogP contribution in [0.1, 0.15) is 18.4 Å². The summed E-state index contributed by atoms with van der Waals surface area (Å²) in [6, 6.07) is 10.0. The Labute approximate surface area is 89.2 Å². The van der Waals surface area contributed by atoms with Gasteiger partial charge in [-0.3, -0.25) is 0 Å². The van der Waals surface area contributed by atoms with Gasteiger partial charge in [0.15, 0.2) is 0 Å². The molecule has 0 heterocycles.